The van der Waals surface area contributed by atoms with Gasteiger partial charge in [0.25, 0.3) is 0 Å². The molecule has 6 heteroatoms. The number of aliphatic imine (C=N–C) groups is 1. The Kier molecular flexibility index (Phi) is 6.95. The van der Waals surface area contributed by atoms with Crippen molar-refractivity contribution in [2.45, 2.75) is 39.7 Å². The van der Waals surface area contributed by atoms with E-state index >= 15 is 0 Å². The van der Waals surface area contributed by atoms with Crippen LogP contribution in [-0.2, 0) is 6.54 Å². The number of aromatic nitrogens is 1. The van der Waals surface area contributed by atoms with Crippen molar-refractivity contribution in [2.75, 3.05) is 32.7 Å². The van der Waals surface area contributed by atoms with Gasteiger partial charge in [-0.05, 0) is 39.8 Å². The first-order chi connectivity index (χ1) is 10.3. The number of nitrogens with one attached hydrogen (secondary N) is 2. The third-order valence-corrected chi connectivity index (χ3v) is 4.66. The van der Waals surface area contributed by atoms with E-state index in [0.717, 1.165) is 31.3 Å². The number of rotatable bonds is 6. The molecule has 1 fully saturated rings. The topological polar surface area (TPSA) is 52.6 Å². The van der Waals surface area contributed by atoms with E-state index in [1.165, 1.54) is 37.2 Å². The highest BCUT2D eigenvalue weighted by molar-refractivity contribution is 7.09. The fourth-order valence-corrected chi connectivity index (χ4v) is 3.19. The highest BCUT2D eigenvalue weighted by Crippen LogP contribution is 2.12. The van der Waals surface area contributed by atoms with Gasteiger partial charge in [-0.1, -0.05) is 6.42 Å². The van der Waals surface area contributed by atoms with Crippen molar-refractivity contribution in [1.29, 1.82) is 0 Å². The van der Waals surface area contributed by atoms with Crippen LogP contribution in [0.2, 0.25) is 0 Å². The van der Waals surface area contributed by atoms with E-state index in [0.29, 0.717) is 6.54 Å². The molecule has 118 valence electrons. The van der Waals surface area contributed by atoms with E-state index in [1.807, 2.05) is 12.4 Å². The van der Waals surface area contributed by atoms with Crippen LogP contribution >= 0.6 is 11.3 Å². The Labute approximate surface area is 131 Å². The molecule has 1 saturated heterocycles. The summed E-state index contributed by atoms with van der Waals surface area (Å²) in [5, 5.41) is 6.74. The maximum absolute atomic E-state index is 4.65. The number of piperidine rings is 1. The normalized spacial score (nSPS) is 17.0. The zero-order chi connectivity index (χ0) is 14.9. The Morgan fingerprint density at radius 1 is 1.33 bits per heavy atom. The summed E-state index contributed by atoms with van der Waals surface area (Å²) in [5.41, 5.74) is 2.98. The Bertz CT molecular complexity index is 437. The van der Waals surface area contributed by atoms with Crippen molar-refractivity contribution in [3.8, 4) is 0 Å². The maximum atomic E-state index is 4.65. The fourth-order valence-electron chi connectivity index (χ4n) is 2.49. The Balaban J connectivity index is 1.76. The van der Waals surface area contributed by atoms with Gasteiger partial charge < -0.3 is 15.5 Å². The minimum Gasteiger partial charge on any atom is -0.357 e. The second-order valence-electron chi connectivity index (χ2n) is 5.39. The number of nitrogens with zero attached hydrogens (tertiary/aromatic N) is 3. The van der Waals surface area contributed by atoms with Gasteiger partial charge in [0.15, 0.2) is 5.96 Å². The molecular formula is C15H27N5S. The maximum Gasteiger partial charge on any atom is 0.191 e. The van der Waals surface area contributed by atoms with Gasteiger partial charge in [-0.2, -0.15) is 0 Å². The molecule has 21 heavy (non-hydrogen) atoms. The number of guanidine groups is 1. The van der Waals surface area contributed by atoms with Crippen LogP contribution < -0.4 is 10.6 Å². The number of hydrogen-bond donors (Lipinski definition) is 2. The Morgan fingerprint density at radius 2 is 2.14 bits per heavy atom. The molecule has 0 aliphatic carbocycles. The quantitative estimate of drug-likeness (QED) is 0.623. The average Bonchev–Trinajstić information content (AvgIpc) is 2.91. The number of likely N-dealkylation sites (tertiary alicyclic amines) is 1. The molecule has 0 radical (unpaired) electrons. The van der Waals surface area contributed by atoms with E-state index in [4.69, 9.17) is 0 Å². The molecule has 0 unspecified atom stereocenters. The van der Waals surface area contributed by atoms with Crippen molar-refractivity contribution in [3.63, 3.8) is 0 Å². The molecule has 1 aliphatic rings. The van der Waals surface area contributed by atoms with Crippen LogP contribution in [0.15, 0.2) is 10.5 Å². The van der Waals surface area contributed by atoms with Gasteiger partial charge in [0.1, 0.15) is 0 Å². The lowest BCUT2D eigenvalue weighted by molar-refractivity contribution is 0.232. The first kappa shape index (κ1) is 16.2. The van der Waals surface area contributed by atoms with Crippen LogP contribution in [0.5, 0.6) is 0 Å². The van der Waals surface area contributed by atoms with Crippen LogP contribution in [0, 0.1) is 6.92 Å². The molecule has 0 saturated carbocycles. The third kappa shape index (κ3) is 5.63. The SMILES string of the molecule is CCNC(=NCc1scnc1C)NCCN1CCCCC1. The van der Waals surface area contributed by atoms with Gasteiger partial charge in [-0.25, -0.2) is 9.98 Å². The summed E-state index contributed by atoms with van der Waals surface area (Å²) in [7, 11) is 0. The highest BCUT2D eigenvalue weighted by Gasteiger charge is 2.09. The second kappa shape index (κ2) is 9.00. The first-order valence-electron chi connectivity index (χ1n) is 7.93. The molecular weight excluding hydrogens is 282 g/mol. The number of hydrogen-bond acceptors (Lipinski definition) is 4. The van der Waals surface area contributed by atoms with E-state index in [-0.39, 0.29) is 0 Å². The van der Waals surface area contributed by atoms with Crippen molar-refractivity contribution in [2.24, 2.45) is 4.99 Å². The summed E-state index contributed by atoms with van der Waals surface area (Å²) in [4.78, 5) is 12.7. The molecule has 0 aromatic carbocycles. The van der Waals surface area contributed by atoms with Crippen LogP contribution in [0.25, 0.3) is 0 Å². The van der Waals surface area contributed by atoms with Crippen molar-refractivity contribution >= 4 is 17.3 Å². The molecule has 2 rings (SSSR count). The zero-order valence-corrected chi connectivity index (χ0v) is 14.0. The lowest BCUT2D eigenvalue weighted by atomic mass is 10.1. The van der Waals surface area contributed by atoms with Crippen molar-refractivity contribution in [1.82, 2.24) is 20.5 Å². The molecule has 0 bridgehead atoms. The third-order valence-electron chi connectivity index (χ3n) is 3.74. The largest absolute Gasteiger partial charge is 0.357 e. The standard InChI is InChI=1S/C15H27N5S/c1-3-16-15(18-11-14-13(2)19-12-21-14)17-7-10-20-8-5-4-6-9-20/h12H,3-11H2,1-2H3,(H2,16,17,18). The molecule has 2 N–H and O–H groups in total. The van der Waals surface area contributed by atoms with Crippen LogP contribution in [0.1, 0.15) is 36.8 Å². The van der Waals surface area contributed by atoms with E-state index in [2.05, 4.69) is 32.4 Å². The predicted molar refractivity (Wildman–Crippen MR) is 90.0 cm³/mol. The summed E-state index contributed by atoms with van der Waals surface area (Å²) < 4.78 is 0. The molecule has 0 atom stereocenters. The average molecular weight is 309 g/mol. The lowest BCUT2D eigenvalue weighted by Gasteiger charge is -2.26. The van der Waals surface area contributed by atoms with Gasteiger partial charge in [0.2, 0.25) is 0 Å². The Hall–Kier alpha value is -1.14. The molecule has 0 spiro atoms. The van der Waals surface area contributed by atoms with Crippen LogP contribution in [0.4, 0.5) is 0 Å². The molecule has 5 nitrogen and oxygen atoms in total. The lowest BCUT2D eigenvalue weighted by Crippen LogP contribution is -2.42. The predicted octanol–water partition coefficient (Wildman–Crippen LogP) is 1.99. The summed E-state index contributed by atoms with van der Waals surface area (Å²) in [6, 6.07) is 0. The summed E-state index contributed by atoms with van der Waals surface area (Å²) in [6.45, 7) is 10.3. The van der Waals surface area contributed by atoms with Crippen molar-refractivity contribution in [3.05, 3.63) is 16.1 Å². The molecule has 2 heterocycles. The number of thiazole rings is 1. The second-order valence-corrected chi connectivity index (χ2v) is 6.32. The van der Waals surface area contributed by atoms with Gasteiger partial charge in [-0.3, -0.25) is 0 Å². The molecule has 1 aromatic rings. The van der Waals surface area contributed by atoms with Gasteiger partial charge in [-0.15, -0.1) is 11.3 Å². The summed E-state index contributed by atoms with van der Waals surface area (Å²) in [5.74, 6) is 0.905. The monoisotopic (exact) mass is 309 g/mol. The minimum atomic E-state index is 0.704. The summed E-state index contributed by atoms with van der Waals surface area (Å²) in [6.07, 6.45) is 4.08. The molecule has 1 aromatic heterocycles. The first-order valence-corrected chi connectivity index (χ1v) is 8.81. The minimum absolute atomic E-state index is 0.704. The van der Waals surface area contributed by atoms with Gasteiger partial charge >= 0.3 is 0 Å². The van der Waals surface area contributed by atoms with Crippen LogP contribution in [0.3, 0.4) is 0 Å². The fraction of sp³-hybridized carbons (Fsp3) is 0.733. The van der Waals surface area contributed by atoms with E-state index < -0.39 is 0 Å². The van der Waals surface area contributed by atoms with Crippen molar-refractivity contribution < 1.29 is 0 Å². The van der Waals surface area contributed by atoms with E-state index in [9.17, 15) is 0 Å². The Morgan fingerprint density at radius 3 is 2.81 bits per heavy atom. The highest BCUT2D eigenvalue weighted by atomic mass is 32.1. The van der Waals surface area contributed by atoms with Crippen LogP contribution in [-0.4, -0.2) is 48.6 Å². The smallest absolute Gasteiger partial charge is 0.191 e. The van der Waals surface area contributed by atoms with E-state index in [1.54, 1.807) is 11.3 Å². The summed E-state index contributed by atoms with van der Waals surface area (Å²) >= 11 is 1.67. The van der Waals surface area contributed by atoms with Gasteiger partial charge in [0.05, 0.1) is 17.7 Å². The molecule has 0 amide bonds. The molecule has 1 aliphatic heterocycles. The zero-order valence-electron chi connectivity index (χ0n) is 13.2. The number of aryl methyl sites for hydroxylation is 1. The van der Waals surface area contributed by atoms with Gasteiger partial charge in [0, 0.05) is 24.5 Å².